The van der Waals surface area contributed by atoms with Gasteiger partial charge in [-0.3, -0.25) is 9.59 Å². The Bertz CT molecular complexity index is 959. The summed E-state index contributed by atoms with van der Waals surface area (Å²) in [5.41, 5.74) is 3.23. The standard InChI is InChI=1S/C25H31N3O2/c1-17-8-3-6-11-20(17)23-21-16-27(25(30)22-12-7-13-26(22)2)14-19(21)15-28(23)24(29)18-9-4-5-10-18/h3,6-8,11-13,18-19,21,23H,4-5,9-10,14-16H2,1-2H3/t19-,21-,23+/m0/s1. The summed E-state index contributed by atoms with van der Waals surface area (Å²) in [5.74, 6) is 1.30. The van der Waals surface area contributed by atoms with Crippen LogP contribution in [0.5, 0.6) is 0 Å². The van der Waals surface area contributed by atoms with Crippen molar-refractivity contribution in [2.75, 3.05) is 19.6 Å². The highest BCUT2D eigenvalue weighted by atomic mass is 16.2. The minimum absolute atomic E-state index is 0.0792. The van der Waals surface area contributed by atoms with Gasteiger partial charge in [0.05, 0.1) is 6.04 Å². The molecule has 2 amide bonds. The zero-order valence-corrected chi connectivity index (χ0v) is 18.0. The first-order valence-electron chi connectivity index (χ1n) is 11.3. The van der Waals surface area contributed by atoms with E-state index < -0.39 is 0 Å². The van der Waals surface area contributed by atoms with Crippen molar-refractivity contribution in [1.29, 1.82) is 0 Å². The Balaban J connectivity index is 1.44. The van der Waals surface area contributed by atoms with Crippen molar-refractivity contribution in [2.45, 2.75) is 38.6 Å². The van der Waals surface area contributed by atoms with E-state index in [9.17, 15) is 9.59 Å². The average molecular weight is 406 g/mol. The summed E-state index contributed by atoms with van der Waals surface area (Å²) in [6, 6.07) is 12.4. The van der Waals surface area contributed by atoms with E-state index in [4.69, 9.17) is 0 Å². The van der Waals surface area contributed by atoms with Crippen LogP contribution in [0.1, 0.15) is 53.3 Å². The Labute approximate surface area is 178 Å². The maximum absolute atomic E-state index is 13.5. The molecule has 3 heterocycles. The molecule has 3 fully saturated rings. The number of aryl methyl sites for hydroxylation is 2. The van der Waals surface area contributed by atoms with Crippen LogP contribution in [-0.4, -0.2) is 45.8 Å². The Morgan fingerprint density at radius 3 is 2.43 bits per heavy atom. The largest absolute Gasteiger partial charge is 0.347 e. The molecule has 2 saturated heterocycles. The van der Waals surface area contributed by atoms with E-state index in [-0.39, 0.29) is 17.9 Å². The fourth-order valence-electron chi connectivity index (χ4n) is 6.01. The molecule has 5 heteroatoms. The molecule has 0 N–H and O–H groups in total. The van der Waals surface area contributed by atoms with Crippen LogP contribution in [0.15, 0.2) is 42.6 Å². The van der Waals surface area contributed by atoms with Crippen molar-refractivity contribution in [1.82, 2.24) is 14.4 Å². The molecule has 1 saturated carbocycles. The topological polar surface area (TPSA) is 45.6 Å². The molecule has 0 spiro atoms. The van der Waals surface area contributed by atoms with Gasteiger partial charge >= 0.3 is 0 Å². The highest BCUT2D eigenvalue weighted by Gasteiger charge is 2.51. The van der Waals surface area contributed by atoms with Crippen LogP contribution in [0.3, 0.4) is 0 Å². The number of likely N-dealkylation sites (tertiary alicyclic amines) is 2. The number of nitrogens with zero attached hydrogens (tertiary/aromatic N) is 3. The maximum atomic E-state index is 13.5. The van der Waals surface area contributed by atoms with E-state index in [0.29, 0.717) is 17.7 Å². The molecule has 2 aliphatic heterocycles. The van der Waals surface area contributed by atoms with E-state index in [1.807, 2.05) is 34.8 Å². The number of amides is 2. The number of carbonyl (C=O) groups is 2. The number of hydrogen-bond donors (Lipinski definition) is 0. The third-order valence-corrected chi connectivity index (χ3v) is 7.61. The average Bonchev–Trinajstić information content (AvgIpc) is 3.51. The molecule has 0 radical (unpaired) electrons. The van der Waals surface area contributed by atoms with Crippen molar-refractivity contribution < 1.29 is 9.59 Å². The lowest BCUT2D eigenvalue weighted by molar-refractivity contribution is -0.136. The fraction of sp³-hybridized carbons (Fsp3) is 0.520. The second kappa shape index (κ2) is 7.60. The van der Waals surface area contributed by atoms with Crippen LogP contribution in [0, 0.1) is 24.7 Å². The van der Waals surface area contributed by atoms with Gasteiger partial charge in [0.2, 0.25) is 5.91 Å². The van der Waals surface area contributed by atoms with Gasteiger partial charge in [0.1, 0.15) is 5.69 Å². The molecule has 1 aliphatic carbocycles. The van der Waals surface area contributed by atoms with Crippen molar-refractivity contribution in [3.8, 4) is 0 Å². The van der Waals surface area contributed by atoms with E-state index in [1.54, 1.807) is 0 Å². The normalized spacial score (nSPS) is 26.4. The highest BCUT2D eigenvalue weighted by molar-refractivity contribution is 5.93. The van der Waals surface area contributed by atoms with Crippen LogP contribution >= 0.6 is 0 Å². The van der Waals surface area contributed by atoms with E-state index >= 15 is 0 Å². The van der Waals surface area contributed by atoms with Gasteiger partial charge in [-0.1, -0.05) is 37.1 Å². The second-order valence-electron chi connectivity index (χ2n) is 9.41. The first-order valence-corrected chi connectivity index (χ1v) is 11.3. The summed E-state index contributed by atoms with van der Waals surface area (Å²) in [7, 11) is 1.92. The van der Waals surface area contributed by atoms with Crippen LogP contribution < -0.4 is 0 Å². The summed E-state index contributed by atoms with van der Waals surface area (Å²) in [6.45, 7) is 4.38. The van der Waals surface area contributed by atoms with Crippen molar-refractivity contribution in [2.24, 2.45) is 24.8 Å². The van der Waals surface area contributed by atoms with Crippen LogP contribution in [0.2, 0.25) is 0 Å². The summed E-state index contributed by atoms with van der Waals surface area (Å²) in [6.07, 6.45) is 6.32. The molecule has 2 aromatic rings. The predicted octanol–water partition coefficient (Wildman–Crippen LogP) is 3.80. The van der Waals surface area contributed by atoms with Crippen molar-refractivity contribution in [3.63, 3.8) is 0 Å². The molecular formula is C25H31N3O2. The van der Waals surface area contributed by atoms with Gasteiger partial charge in [0, 0.05) is 50.6 Å². The second-order valence-corrected chi connectivity index (χ2v) is 9.41. The Hall–Kier alpha value is -2.56. The molecule has 5 rings (SSSR count). The van der Waals surface area contributed by atoms with Crippen LogP contribution in [0.4, 0.5) is 0 Å². The van der Waals surface area contributed by atoms with Gasteiger partial charge in [-0.15, -0.1) is 0 Å². The monoisotopic (exact) mass is 405 g/mol. The van der Waals surface area contributed by atoms with E-state index in [1.165, 1.54) is 24.0 Å². The smallest absolute Gasteiger partial charge is 0.270 e. The SMILES string of the molecule is Cc1ccccc1[C@@H]1[C@H]2CN(C(=O)c3cccn3C)C[C@H]2CN1C(=O)C1CCCC1. The predicted molar refractivity (Wildman–Crippen MR) is 116 cm³/mol. The molecule has 1 aromatic heterocycles. The lowest BCUT2D eigenvalue weighted by Crippen LogP contribution is -2.40. The van der Waals surface area contributed by atoms with Gasteiger partial charge in [-0.2, -0.15) is 0 Å². The number of carbonyl (C=O) groups excluding carboxylic acids is 2. The summed E-state index contributed by atoms with van der Waals surface area (Å²) < 4.78 is 1.89. The molecule has 30 heavy (non-hydrogen) atoms. The first-order chi connectivity index (χ1) is 14.5. The molecule has 158 valence electrons. The Kier molecular flexibility index (Phi) is 4.92. The Morgan fingerprint density at radius 2 is 1.73 bits per heavy atom. The number of aromatic nitrogens is 1. The molecule has 3 aliphatic rings. The zero-order chi connectivity index (χ0) is 20.8. The number of rotatable bonds is 3. The zero-order valence-electron chi connectivity index (χ0n) is 18.0. The van der Waals surface area contributed by atoms with Gasteiger partial charge in [0.15, 0.2) is 0 Å². The summed E-state index contributed by atoms with van der Waals surface area (Å²) in [5, 5.41) is 0. The lowest BCUT2D eigenvalue weighted by atomic mass is 9.87. The van der Waals surface area contributed by atoms with Crippen molar-refractivity contribution >= 4 is 11.8 Å². The van der Waals surface area contributed by atoms with Crippen LogP contribution in [-0.2, 0) is 11.8 Å². The van der Waals surface area contributed by atoms with Crippen LogP contribution in [0.25, 0.3) is 0 Å². The molecule has 0 unspecified atom stereocenters. The quantitative estimate of drug-likeness (QED) is 0.780. The molecular weight excluding hydrogens is 374 g/mol. The third kappa shape index (κ3) is 3.15. The minimum atomic E-state index is 0.0792. The van der Waals surface area contributed by atoms with Crippen molar-refractivity contribution in [3.05, 3.63) is 59.4 Å². The van der Waals surface area contributed by atoms with Gasteiger partial charge < -0.3 is 14.4 Å². The maximum Gasteiger partial charge on any atom is 0.270 e. The first kappa shape index (κ1) is 19.4. The minimum Gasteiger partial charge on any atom is -0.347 e. The van der Waals surface area contributed by atoms with Gasteiger partial charge in [-0.25, -0.2) is 0 Å². The van der Waals surface area contributed by atoms with E-state index in [0.717, 1.165) is 38.2 Å². The fourth-order valence-corrected chi connectivity index (χ4v) is 6.01. The lowest BCUT2D eigenvalue weighted by Gasteiger charge is -2.32. The highest BCUT2D eigenvalue weighted by Crippen LogP contribution is 2.47. The molecule has 0 bridgehead atoms. The van der Waals surface area contributed by atoms with Gasteiger partial charge in [-0.05, 0) is 43.0 Å². The number of fused-ring (bicyclic) bond motifs is 1. The van der Waals surface area contributed by atoms with E-state index in [2.05, 4.69) is 36.1 Å². The summed E-state index contributed by atoms with van der Waals surface area (Å²) in [4.78, 5) is 30.8. The summed E-state index contributed by atoms with van der Waals surface area (Å²) >= 11 is 0. The molecule has 1 aromatic carbocycles. The van der Waals surface area contributed by atoms with Gasteiger partial charge in [0.25, 0.3) is 5.91 Å². The Morgan fingerprint density at radius 1 is 0.967 bits per heavy atom. The molecule has 5 nitrogen and oxygen atoms in total. The number of benzene rings is 1. The molecule has 3 atom stereocenters. The number of hydrogen-bond acceptors (Lipinski definition) is 2. The third-order valence-electron chi connectivity index (χ3n) is 7.61.